The number of H-pyrrole nitrogens is 1. The first kappa shape index (κ1) is 15.5. The number of nitrogens with one attached hydrogen (secondary N) is 1. The fourth-order valence-electron chi connectivity index (χ4n) is 3.77. The number of fused-ring (bicyclic) bond motifs is 2. The molecule has 0 aliphatic heterocycles. The van der Waals surface area contributed by atoms with E-state index in [9.17, 15) is 5.26 Å². The van der Waals surface area contributed by atoms with Crippen LogP contribution in [0.15, 0.2) is 53.8 Å². The van der Waals surface area contributed by atoms with Crippen LogP contribution in [0.4, 0.5) is 0 Å². The fraction of sp³-hybridized carbons (Fsp3) is 0.238. The van der Waals surface area contributed by atoms with Gasteiger partial charge in [-0.15, -0.1) is 11.8 Å². The largest absolute Gasteiger partial charge is 0.360 e. The highest BCUT2D eigenvalue weighted by Gasteiger charge is 2.17. The van der Waals surface area contributed by atoms with Crippen LogP contribution in [0.1, 0.15) is 31.2 Å². The minimum Gasteiger partial charge on any atom is -0.360 e. The smallest absolute Gasteiger partial charge is 0.137 e. The molecule has 1 aliphatic rings. The molecule has 0 unspecified atom stereocenters. The lowest BCUT2D eigenvalue weighted by Gasteiger charge is -2.08. The Kier molecular flexibility index (Phi) is 3.72. The lowest BCUT2D eigenvalue weighted by atomic mass is 10.1. The molecular weight excluding hydrogens is 340 g/mol. The first-order chi connectivity index (χ1) is 12.8. The van der Waals surface area contributed by atoms with Gasteiger partial charge in [-0.1, -0.05) is 12.8 Å². The zero-order valence-corrected chi connectivity index (χ0v) is 15.1. The van der Waals surface area contributed by atoms with Crippen molar-refractivity contribution in [2.24, 2.45) is 0 Å². The van der Waals surface area contributed by atoms with Gasteiger partial charge in [0.15, 0.2) is 0 Å². The van der Waals surface area contributed by atoms with Crippen LogP contribution >= 0.6 is 11.8 Å². The molecule has 26 heavy (non-hydrogen) atoms. The first-order valence-corrected chi connectivity index (χ1v) is 9.85. The zero-order valence-electron chi connectivity index (χ0n) is 14.3. The average Bonchev–Trinajstić information content (AvgIpc) is 3.39. The number of benzene rings is 1. The van der Waals surface area contributed by atoms with Gasteiger partial charge in [0.05, 0.1) is 17.3 Å². The predicted molar refractivity (Wildman–Crippen MR) is 105 cm³/mol. The van der Waals surface area contributed by atoms with Crippen molar-refractivity contribution in [3.8, 4) is 17.3 Å². The van der Waals surface area contributed by atoms with Gasteiger partial charge in [-0.3, -0.25) is 0 Å². The Labute approximate surface area is 155 Å². The number of hydrogen-bond donors (Lipinski definition) is 1. The highest BCUT2D eigenvalue weighted by atomic mass is 32.2. The van der Waals surface area contributed by atoms with Crippen molar-refractivity contribution in [2.75, 3.05) is 0 Å². The Morgan fingerprint density at radius 3 is 2.88 bits per heavy atom. The van der Waals surface area contributed by atoms with Crippen molar-refractivity contribution in [3.63, 3.8) is 0 Å². The number of hydrogen-bond acceptors (Lipinski definition) is 3. The molecule has 1 aromatic carbocycles. The van der Waals surface area contributed by atoms with E-state index in [4.69, 9.17) is 4.98 Å². The Hall–Kier alpha value is -2.71. The van der Waals surface area contributed by atoms with Gasteiger partial charge in [0.2, 0.25) is 0 Å². The van der Waals surface area contributed by atoms with Crippen LogP contribution in [0.2, 0.25) is 0 Å². The lowest BCUT2D eigenvalue weighted by Crippen LogP contribution is -1.94. The molecule has 0 spiro atoms. The summed E-state index contributed by atoms with van der Waals surface area (Å²) in [5, 5.41) is 11.0. The Balaban J connectivity index is 1.54. The number of rotatable bonds is 3. The summed E-state index contributed by atoms with van der Waals surface area (Å²) in [4.78, 5) is 9.37. The minimum absolute atomic E-state index is 0.664. The summed E-state index contributed by atoms with van der Waals surface area (Å²) in [7, 11) is 0. The molecule has 5 heteroatoms. The van der Waals surface area contributed by atoms with E-state index in [1.54, 1.807) is 0 Å². The summed E-state index contributed by atoms with van der Waals surface area (Å²) >= 11 is 1.99. The molecular formula is C21H18N4S. The Bertz CT molecular complexity index is 1140. The fourth-order valence-corrected chi connectivity index (χ4v) is 5.05. The van der Waals surface area contributed by atoms with E-state index >= 15 is 0 Å². The van der Waals surface area contributed by atoms with Crippen molar-refractivity contribution >= 4 is 28.3 Å². The lowest BCUT2D eigenvalue weighted by molar-refractivity contribution is 0.886. The minimum atomic E-state index is 0.664. The molecule has 4 nitrogen and oxygen atoms in total. The van der Waals surface area contributed by atoms with Gasteiger partial charge in [-0.05, 0) is 43.2 Å². The molecule has 4 aromatic rings. The third-order valence-corrected chi connectivity index (χ3v) is 6.43. The van der Waals surface area contributed by atoms with E-state index in [0.717, 1.165) is 33.1 Å². The zero-order chi connectivity index (χ0) is 17.5. The Morgan fingerprint density at radius 1 is 1.15 bits per heavy atom. The normalized spacial score (nSPS) is 15.0. The predicted octanol–water partition coefficient (Wildman–Crippen LogP) is 5.39. The number of nitrogens with zero attached hydrogens (tertiary/aromatic N) is 3. The highest BCUT2D eigenvalue weighted by Crippen LogP contribution is 2.35. The number of imidazole rings is 1. The van der Waals surface area contributed by atoms with Gasteiger partial charge in [0.25, 0.3) is 0 Å². The summed E-state index contributed by atoms with van der Waals surface area (Å²) in [6.45, 7) is 0. The number of thioether (sulfide) groups is 1. The van der Waals surface area contributed by atoms with Crippen molar-refractivity contribution in [2.45, 2.75) is 35.8 Å². The summed E-state index contributed by atoms with van der Waals surface area (Å²) in [5.74, 6) is 0. The number of nitriles is 1. The second-order valence-electron chi connectivity index (χ2n) is 6.86. The maximum Gasteiger partial charge on any atom is 0.137 e. The summed E-state index contributed by atoms with van der Waals surface area (Å²) in [6, 6.07) is 12.2. The van der Waals surface area contributed by atoms with Crippen LogP contribution in [0.3, 0.4) is 0 Å². The maximum absolute atomic E-state index is 9.18. The third-order valence-electron chi connectivity index (χ3n) is 5.12. The van der Waals surface area contributed by atoms with E-state index in [1.165, 1.54) is 30.6 Å². The molecule has 128 valence electrons. The highest BCUT2D eigenvalue weighted by molar-refractivity contribution is 8.00. The second kappa shape index (κ2) is 6.22. The van der Waals surface area contributed by atoms with Crippen molar-refractivity contribution in [3.05, 3.63) is 54.5 Å². The molecule has 1 saturated carbocycles. The van der Waals surface area contributed by atoms with E-state index in [1.807, 2.05) is 36.2 Å². The van der Waals surface area contributed by atoms with Crippen LogP contribution in [-0.4, -0.2) is 19.6 Å². The van der Waals surface area contributed by atoms with Gasteiger partial charge in [0, 0.05) is 45.2 Å². The second-order valence-corrected chi connectivity index (χ2v) is 8.23. The molecule has 0 amide bonds. The molecule has 0 saturated heterocycles. The van der Waals surface area contributed by atoms with Crippen molar-refractivity contribution in [1.29, 1.82) is 5.26 Å². The van der Waals surface area contributed by atoms with Crippen LogP contribution in [0, 0.1) is 11.3 Å². The van der Waals surface area contributed by atoms with Crippen LogP contribution < -0.4 is 0 Å². The molecule has 3 aromatic heterocycles. The molecule has 1 N–H and O–H groups in total. The molecule has 1 aliphatic carbocycles. The maximum atomic E-state index is 9.18. The number of aromatic nitrogens is 3. The van der Waals surface area contributed by atoms with Crippen LogP contribution in [0.25, 0.3) is 27.8 Å². The third kappa shape index (κ3) is 2.67. The van der Waals surface area contributed by atoms with Gasteiger partial charge in [0.1, 0.15) is 5.65 Å². The van der Waals surface area contributed by atoms with E-state index in [2.05, 4.69) is 40.0 Å². The summed E-state index contributed by atoms with van der Waals surface area (Å²) in [6.07, 6.45) is 11.6. The van der Waals surface area contributed by atoms with Crippen LogP contribution in [0.5, 0.6) is 0 Å². The first-order valence-electron chi connectivity index (χ1n) is 8.97. The van der Waals surface area contributed by atoms with Gasteiger partial charge in [-0.2, -0.15) is 5.26 Å². The van der Waals surface area contributed by atoms with E-state index < -0.39 is 0 Å². The summed E-state index contributed by atoms with van der Waals surface area (Å²) in [5.41, 5.74) is 4.59. The quantitative estimate of drug-likeness (QED) is 0.534. The summed E-state index contributed by atoms with van der Waals surface area (Å²) < 4.78 is 2.11. The van der Waals surface area contributed by atoms with E-state index in [-0.39, 0.29) is 0 Å². The molecule has 0 bridgehead atoms. The Morgan fingerprint density at radius 2 is 2.04 bits per heavy atom. The standard InChI is InChI=1S/C21H18N4S/c22-10-14-5-7-19-17(9-14)18(11-23-19)20-13-25-12-16(6-8-21(25)24-20)26-15-3-1-2-4-15/h5-9,11-13,15,23H,1-4H2. The molecule has 3 heterocycles. The number of aromatic amines is 1. The molecule has 5 rings (SSSR count). The topological polar surface area (TPSA) is 56.9 Å². The van der Waals surface area contributed by atoms with Crippen molar-refractivity contribution in [1.82, 2.24) is 14.4 Å². The molecule has 0 atom stereocenters. The van der Waals surface area contributed by atoms with E-state index in [0.29, 0.717) is 5.56 Å². The SMILES string of the molecule is N#Cc1ccc2[nH]cc(-c3cn4cc(SC5CCCC5)ccc4n3)c2c1. The average molecular weight is 358 g/mol. The molecule has 0 radical (unpaired) electrons. The van der Waals surface area contributed by atoms with Crippen LogP contribution in [-0.2, 0) is 0 Å². The monoisotopic (exact) mass is 358 g/mol. The molecule has 1 fully saturated rings. The van der Waals surface area contributed by atoms with Gasteiger partial charge < -0.3 is 9.38 Å². The van der Waals surface area contributed by atoms with Gasteiger partial charge in [-0.25, -0.2) is 4.98 Å². The van der Waals surface area contributed by atoms with Crippen molar-refractivity contribution < 1.29 is 0 Å². The van der Waals surface area contributed by atoms with Gasteiger partial charge >= 0.3 is 0 Å². The number of pyridine rings is 1.